The lowest BCUT2D eigenvalue weighted by molar-refractivity contribution is 0.181. The smallest absolute Gasteiger partial charge is 0.151 e. The molecule has 2 aliphatic rings. The van der Waals surface area contributed by atoms with Crippen LogP contribution in [0, 0.1) is 5.92 Å². The molecule has 0 N–H and O–H groups in total. The van der Waals surface area contributed by atoms with Gasteiger partial charge in [-0.1, -0.05) is 20.8 Å². The van der Waals surface area contributed by atoms with Crippen molar-refractivity contribution in [2.75, 3.05) is 43.1 Å². The van der Waals surface area contributed by atoms with E-state index in [0.29, 0.717) is 23.5 Å². The summed E-state index contributed by atoms with van der Waals surface area (Å²) in [6.45, 7) is 9.13. The molecule has 1 atom stereocenters. The molecule has 2 aliphatic heterocycles. The summed E-state index contributed by atoms with van der Waals surface area (Å²) in [7, 11) is -0.682. The Kier molecular flexibility index (Phi) is 4.59. The van der Waals surface area contributed by atoms with Crippen LogP contribution in [-0.4, -0.2) is 67.7 Å². The molecule has 3 heterocycles. The van der Waals surface area contributed by atoms with Gasteiger partial charge in [-0.15, -0.1) is 5.10 Å². The second-order valence-electron chi connectivity index (χ2n) is 8.29. The first-order chi connectivity index (χ1) is 11.1. The molecule has 0 spiro atoms. The molecule has 0 aromatic carbocycles. The molecule has 6 nitrogen and oxygen atoms in total. The van der Waals surface area contributed by atoms with E-state index in [2.05, 4.69) is 53.9 Å². The Bertz CT molecular complexity index is 676. The highest BCUT2D eigenvalue weighted by Gasteiger charge is 2.35. The van der Waals surface area contributed by atoms with Crippen molar-refractivity contribution < 1.29 is 8.42 Å². The second kappa shape index (κ2) is 6.26. The number of rotatable bonds is 4. The number of aromatic nitrogens is 2. The molecule has 3 rings (SSSR count). The van der Waals surface area contributed by atoms with E-state index in [9.17, 15) is 8.42 Å². The SMILES string of the molecule is CN(CC1CCS(=O)(=O)C1)C1CN(c2ccc(C(C)(C)C)nn2)C1. The van der Waals surface area contributed by atoms with Gasteiger partial charge in [0.05, 0.1) is 17.2 Å². The quantitative estimate of drug-likeness (QED) is 0.814. The lowest BCUT2D eigenvalue weighted by Gasteiger charge is -2.45. The van der Waals surface area contributed by atoms with Crippen molar-refractivity contribution in [3.05, 3.63) is 17.8 Å². The summed E-state index contributed by atoms with van der Waals surface area (Å²) in [6.07, 6.45) is 0.808. The number of sulfone groups is 1. The van der Waals surface area contributed by atoms with Crippen molar-refractivity contribution in [1.82, 2.24) is 15.1 Å². The molecule has 2 fully saturated rings. The molecule has 0 aliphatic carbocycles. The normalized spacial score (nSPS) is 24.4. The number of hydrogen-bond donors (Lipinski definition) is 0. The van der Waals surface area contributed by atoms with Crippen LogP contribution in [0.15, 0.2) is 12.1 Å². The molecule has 1 aromatic rings. The first-order valence-corrected chi connectivity index (χ1v) is 10.5. The van der Waals surface area contributed by atoms with E-state index in [0.717, 1.165) is 37.6 Å². The van der Waals surface area contributed by atoms with Gasteiger partial charge in [0.25, 0.3) is 0 Å². The van der Waals surface area contributed by atoms with Gasteiger partial charge in [0.15, 0.2) is 15.7 Å². The number of anilines is 1. The Balaban J connectivity index is 1.50. The van der Waals surface area contributed by atoms with Gasteiger partial charge in [0.2, 0.25) is 0 Å². The van der Waals surface area contributed by atoms with E-state index >= 15 is 0 Å². The van der Waals surface area contributed by atoms with Gasteiger partial charge in [-0.25, -0.2) is 8.42 Å². The molecule has 24 heavy (non-hydrogen) atoms. The minimum Gasteiger partial charge on any atom is -0.352 e. The summed E-state index contributed by atoms with van der Waals surface area (Å²) >= 11 is 0. The van der Waals surface area contributed by atoms with E-state index in [1.807, 2.05) is 6.07 Å². The average molecular weight is 353 g/mol. The van der Waals surface area contributed by atoms with Crippen LogP contribution in [0.2, 0.25) is 0 Å². The lowest BCUT2D eigenvalue weighted by Crippen LogP contribution is -2.59. The van der Waals surface area contributed by atoms with Gasteiger partial charge in [-0.3, -0.25) is 4.90 Å². The predicted octanol–water partition coefficient (Wildman–Crippen LogP) is 1.33. The number of nitrogens with zero attached hydrogens (tertiary/aromatic N) is 4. The van der Waals surface area contributed by atoms with E-state index in [4.69, 9.17) is 0 Å². The van der Waals surface area contributed by atoms with Crippen LogP contribution in [0.3, 0.4) is 0 Å². The highest BCUT2D eigenvalue weighted by molar-refractivity contribution is 7.91. The topological polar surface area (TPSA) is 66.4 Å². The van der Waals surface area contributed by atoms with E-state index in [1.165, 1.54) is 0 Å². The van der Waals surface area contributed by atoms with E-state index < -0.39 is 9.84 Å². The van der Waals surface area contributed by atoms with Crippen molar-refractivity contribution in [1.29, 1.82) is 0 Å². The molecule has 0 radical (unpaired) electrons. The van der Waals surface area contributed by atoms with Gasteiger partial charge < -0.3 is 4.90 Å². The molecule has 1 aromatic heterocycles. The molecule has 0 saturated carbocycles. The van der Waals surface area contributed by atoms with Crippen molar-refractivity contribution in [3.63, 3.8) is 0 Å². The van der Waals surface area contributed by atoms with Crippen LogP contribution in [0.1, 0.15) is 32.9 Å². The molecule has 1 unspecified atom stereocenters. The van der Waals surface area contributed by atoms with Crippen LogP contribution in [0.5, 0.6) is 0 Å². The van der Waals surface area contributed by atoms with Crippen LogP contribution >= 0.6 is 0 Å². The summed E-state index contributed by atoms with van der Waals surface area (Å²) in [5.41, 5.74) is 1.02. The maximum absolute atomic E-state index is 11.6. The van der Waals surface area contributed by atoms with Gasteiger partial charge in [0.1, 0.15) is 0 Å². The highest BCUT2D eigenvalue weighted by atomic mass is 32.2. The largest absolute Gasteiger partial charge is 0.352 e. The molecule has 134 valence electrons. The number of hydrogen-bond acceptors (Lipinski definition) is 6. The summed E-state index contributed by atoms with van der Waals surface area (Å²) < 4.78 is 23.1. The fourth-order valence-electron chi connectivity index (χ4n) is 3.39. The zero-order valence-electron chi connectivity index (χ0n) is 15.1. The summed E-state index contributed by atoms with van der Waals surface area (Å²) in [5, 5.41) is 8.71. The van der Waals surface area contributed by atoms with Crippen LogP contribution in [0.25, 0.3) is 0 Å². The van der Waals surface area contributed by atoms with Crippen LogP contribution in [-0.2, 0) is 15.3 Å². The Hall–Kier alpha value is -1.21. The van der Waals surface area contributed by atoms with Crippen molar-refractivity contribution >= 4 is 15.7 Å². The van der Waals surface area contributed by atoms with Gasteiger partial charge in [0, 0.05) is 31.1 Å². The van der Waals surface area contributed by atoms with Crippen molar-refractivity contribution in [3.8, 4) is 0 Å². The Morgan fingerprint density at radius 1 is 1.25 bits per heavy atom. The zero-order chi connectivity index (χ0) is 17.5. The minimum absolute atomic E-state index is 0.0187. The third-order valence-corrected chi connectivity index (χ3v) is 6.94. The third-order valence-electron chi connectivity index (χ3n) is 5.10. The Labute approximate surface area is 145 Å². The molecule has 7 heteroatoms. The fraction of sp³-hybridized carbons (Fsp3) is 0.765. The maximum Gasteiger partial charge on any atom is 0.151 e. The fourth-order valence-corrected chi connectivity index (χ4v) is 5.24. The standard InChI is InChI=1S/C17H28N4O2S/c1-17(2,3)15-5-6-16(19-18-15)21-10-14(11-21)20(4)9-13-7-8-24(22,23)12-13/h5-6,13-14H,7-12H2,1-4H3. The second-order valence-corrected chi connectivity index (χ2v) is 10.5. The summed E-state index contributed by atoms with van der Waals surface area (Å²) in [5.74, 6) is 1.93. The minimum atomic E-state index is -2.78. The third kappa shape index (κ3) is 3.88. The molecule has 0 amide bonds. The van der Waals surface area contributed by atoms with Gasteiger partial charge in [-0.2, -0.15) is 5.10 Å². The predicted molar refractivity (Wildman–Crippen MR) is 96.1 cm³/mol. The molecular formula is C17H28N4O2S. The van der Waals surface area contributed by atoms with Crippen molar-refractivity contribution in [2.45, 2.75) is 38.6 Å². The first-order valence-electron chi connectivity index (χ1n) is 8.64. The van der Waals surface area contributed by atoms with Crippen molar-refractivity contribution in [2.24, 2.45) is 5.92 Å². The maximum atomic E-state index is 11.6. The van der Waals surface area contributed by atoms with E-state index in [1.54, 1.807) is 0 Å². The van der Waals surface area contributed by atoms with E-state index in [-0.39, 0.29) is 5.41 Å². The average Bonchev–Trinajstić information content (AvgIpc) is 2.75. The molecular weight excluding hydrogens is 324 g/mol. The molecule has 0 bridgehead atoms. The lowest BCUT2D eigenvalue weighted by atomic mass is 9.92. The highest BCUT2D eigenvalue weighted by Crippen LogP contribution is 2.26. The Morgan fingerprint density at radius 3 is 2.46 bits per heavy atom. The zero-order valence-corrected chi connectivity index (χ0v) is 15.9. The van der Waals surface area contributed by atoms with Gasteiger partial charge in [-0.05, 0) is 31.5 Å². The van der Waals surface area contributed by atoms with Crippen LogP contribution < -0.4 is 4.90 Å². The molecule has 2 saturated heterocycles. The monoisotopic (exact) mass is 352 g/mol. The Morgan fingerprint density at radius 2 is 1.96 bits per heavy atom. The van der Waals surface area contributed by atoms with Gasteiger partial charge >= 0.3 is 0 Å². The first kappa shape index (κ1) is 17.6. The summed E-state index contributed by atoms with van der Waals surface area (Å²) in [4.78, 5) is 4.53. The van der Waals surface area contributed by atoms with Crippen LogP contribution in [0.4, 0.5) is 5.82 Å². The summed E-state index contributed by atoms with van der Waals surface area (Å²) in [6, 6.07) is 4.58. The number of likely N-dealkylation sites (N-methyl/N-ethyl adjacent to an activating group) is 1.